The van der Waals surface area contributed by atoms with E-state index in [0.29, 0.717) is 5.92 Å². The second kappa shape index (κ2) is 12.9. The van der Waals surface area contributed by atoms with Crippen LogP contribution in [0, 0.1) is 31.6 Å². The Morgan fingerprint density at radius 2 is 1.49 bits per heavy atom. The molecule has 0 bridgehead atoms. The first-order chi connectivity index (χ1) is 24.2. The predicted molar refractivity (Wildman–Crippen MR) is 213 cm³/mol. The first-order valence-electron chi connectivity index (χ1n) is 18.1. The smallest absolute Gasteiger partial charge is 0.137 e. The maximum atomic E-state index is 6.81. The van der Waals surface area contributed by atoms with Crippen LogP contribution in [0.3, 0.4) is 0 Å². The number of hydrogen-bond acceptors (Lipinski definition) is 3. The molecular weight excluding hydrogens is 625 g/mol. The Morgan fingerprint density at radius 1 is 0.725 bits per heavy atom. The summed E-state index contributed by atoms with van der Waals surface area (Å²) >= 11 is 0. The molecule has 0 aliphatic carbocycles. The van der Waals surface area contributed by atoms with Crippen LogP contribution in [0.5, 0.6) is 11.5 Å². The van der Waals surface area contributed by atoms with Crippen LogP contribution >= 0.6 is 0 Å². The maximum absolute atomic E-state index is 6.81. The van der Waals surface area contributed by atoms with E-state index in [1.807, 2.05) is 12.3 Å². The van der Waals surface area contributed by atoms with E-state index in [1.54, 1.807) is 0 Å². The molecule has 0 aliphatic rings. The van der Waals surface area contributed by atoms with Gasteiger partial charge in [-0.1, -0.05) is 84.9 Å². The third kappa shape index (κ3) is 6.82. The molecule has 5 heteroatoms. The molecule has 0 spiro atoms. The SMILES string of the molecule is Cc1ccnc(-n2c3ccc(C(C)C(C)(C)C)cc3c3ccc(Oc4cc(CC(C)(C)C)cc(-n5nc(C)c(-c6ccccc6)c5C)c4)cc32)c1. The molecule has 7 aromatic rings. The number of hydrogen-bond donors (Lipinski definition) is 0. The van der Waals surface area contributed by atoms with Crippen molar-refractivity contribution in [1.29, 1.82) is 0 Å². The number of ether oxygens (including phenoxy) is 1. The van der Waals surface area contributed by atoms with Crippen molar-refractivity contribution < 1.29 is 4.74 Å². The summed E-state index contributed by atoms with van der Waals surface area (Å²) in [5, 5.41) is 7.45. The Kier molecular flexibility index (Phi) is 8.65. The highest BCUT2D eigenvalue weighted by Gasteiger charge is 2.24. The quantitative estimate of drug-likeness (QED) is 0.169. The van der Waals surface area contributed by atoms with Crippen molar-refractivity contribution in [2.24, 2.45) is 10.8 Å². The minimum atomic E-state index is 0.101. The van der Waals surface area contributed by atoms with Crippen molar-refractivity contribution in [3.8, 4) is 34.1 Å². The fourth-order valence-electron chi connectivity index (χ4n) is 7.33. The van der Waals surface area contributed by atoms with Gasteiger partial charge in [-0.2, -0.15) is 5.10 Å². The summed E-state index contributed by atoms with van der Waals surface area (Å²) in [6.07, 6.45) is 2.80. The van der Waals surface area contributed by atoms with Gasteiger partial charge in [0.1, 0.15) is 17.3 Å². The fourth-order valence-corrected chi connectivity index (χ4v) is 7.33. The van der Waals surface area contributed by atoms with E-state index >= 15 is 0 Å². The van der Waals surface area contributed by atoms with Crippen LogP contribution in [0.15, 0.2) is 103 Å². The number of pyridine rings is 1. The molecule has 0 saturated carbocycles. The van der Waals surface area contributed by atoms with Gasteiger partial charge in [0.05, 0.1) is 22.4 Å². The van der Waals surface area contributed by atoms with E-state index in [9.17, 15) is 0 Å². The molecule has 4 aromatic carbocycles. The van der Waals surface area contributed by atoms with Crippen molar-refractivity contribution in [2.45, 2.75) is 81.6 Å². The van der Waals surface area contributed by atoms with Gasteiger partial charge in [-0.15, -0.1) is 0 Å². The first-order valence-corrected chi connectivity index (χ1v) is 18.1. The number of benzene rings is 4. The average Bonchev–Trinajstić information content (AvgIpc) is 3.55. The minimum Gasteiger partial charge on any atom is -0.457 e. The van der Waals surface area contributed by atoms with Gasteiger partial charge in [-0.25, -0.2) is 9.67 Å². The van der Waals surface area contributed by atoms with E-state index < -0.39 is 0 Å². The van der Waals surface area contributed by atoms with Gasteiger partial charge < -0.3 is 4.74 Å². The Balaban J connectivity index is 1.36. The maximum Gasteiger partial charge on any atom is 0.137 e. The van der Waals surface area contributed by atoms with Crippen LogP contribution in [-0.2, 0) is 6.42 Å². The summed E-state index contributed by atoms with van der Waals surface area (Å²) in [5.74, 6) is 2.87. The standard InChI is InChI=1S/C46H50N4O/c1-29-20-21-47-43(22-29)49-41-19-16-35(30(2)46(8,9)10)25-40(41)39-18-17-37(27-42(39)49)51-38-24-33(28-45(5,6)7)23-36(26-38)50-32(4)44(31(3)48-50)34-14-12-11-13-15-34/h11-27,30H,28H2,1-10H3. The minimum absolute atomic E-state index is 0.101. The highest BCUT2D eigenvalue weighted by Crippen LogP contribution is 2.40. The molecule has 0 radical (unpaired) electrons. The molecule has 51 heavy (non-hydrogen) atoms. The number of aryl methyl sites for hydroxylation is 2. The number of aromatic nitrogens is 4. The molecule has 3 heterocycles. The summed E-state index contributed by atoms with van der Waals surface area (Å²) in [5.41, 5.74) is 11.6. The van der Waals surface area contributed by atoms with Crippen LogP contribution in [0.4, 0.5) is 0 Å². The van der Waals surface area contributed by atoms with Gasteiger partial charge in [0.15, 0.2) is 0 Å². The van der Waals surface area contributed by atoms with Crippen LogP contribution in [0.1, 0.15) is 82.5 Å². The lowest BCUT2D eigenvalue weighted by molar-refractivity contribution is 0.340. The van der Waals surface area contributed by atoms with Crippen LogP contribution in [0.25, 0.3) is 44.4 Å². The molecule has 0 fully saturated rings. The van der Waals surface area contributed by atoms with Gasteiger partial charge >= 0.3 is 0 Å². The largest absolute Gasteiger partial charge is 0.457 e. The summed E-state index contributed by atoms with van der Waals surface area (Å²) in [6, 6.07) is 34.7. The van der Waals surface area contributed by atoms with E-state index in [0.717, 1.165) is 51.8 Å². The molecule has 0 aliphatic heterocycles. The van der Waals surface area contributed by atoms with E-state index in [4.69, 9.17) is 14.8 Å². The summed E-state index contributed by atoms with van der Waals surface area (Å²) in [7, 11) is 0. The zero-order valence-corrected chi connectivity index (χ0v) is 31.8. The van der Waals surface area contributed by atoms with Crippen molar-refractivity contribution >= 4 is 21.8 Å². The summed E-state index contributed by atoms with van der Waals surface area (Å²) < 4.78 is 11.2. The van der Waals surface area contributed by atoms with Gasteiger partial charge in [-0.05, 0) is 115 Å². The topological polar surface area (TPSA) is 44.9 Å². The number of rotatable bonds is 7. The molecule has 5 nitrogen and oxygen atoms in total. The molecule has 0 saturated heterocycles. The van der Waals surface area contributed by atoms with Crippen LogP contribution in [0.2, 0.25) is 0 Å². The third-order valence-electron chi connectivity index (χ3n) is 10.2. The molecule has 1 unspecified atom stereocenters. The first kappa shape index (κ1) is 34.3. The third-order valence-corrected chi connectivity index (χ3v) is 10.2. The summed E-state index contributed by atoms with van der Waals surface area (Å²) in [4.78, 5) is 4.84. The Hall–Kier alpha value is -5.16. The van der Waals surface area contributed by atoms with Gasteiger partial charge in [0.25, 0.3) is 0 Å². The normalized spacial score (nSPS) is 12.9. The van der Waals surface area contributed by atoms with Crippen molar-refractivity contribution in [3.63, 3.8) is 0 Å². The van der Waals surface area contributed by atoms with Crippen LogP contribution in [-0.4, -0.2) is 19.3 Å². The predicted octanol–water partition coefficient (Wildman–Crippen LogP) is 12.5. The number of fused-ring (bicyclic) bond motifs is 3. The average molecular weight is 675 g/mol. The fraction of sp³-hybridized carbons (Fsp3) is 0.304. The lowest BCUT2D eigenvalue weighted by Crippen LogP contribution is -2.15. The van der Waals surface area contributed by atoms with E-state index in [1.165, 1.54) is 38.6 Å². The monoisotopic (exact) mass is 674 g/mol. The number of nitrogens with zero attached hydrogens (tertiary/aromatic N) is 4. The van der Waals surface area contributed by atoms with Crippen molar-refractivity contribution in [2.75, 3.05) is 0 Å². The lowest BCUT2D eigenvalue weighted by Gasteiger charge is -2.27. The van der Waals surface area contributed by atoms with Gasteiger partial charge in [0, 0.05) is 40.4 Å². The van der Waals surface area contributed by atoms with E-state index in [-0.39, 0.29) is 10.8 Å². The molecule has 260 valence electrons. The Bertz CT molecular complexity index is 2380. The van der Waals surface area contributed by atoms with Gasteiger partial charge in [-0.3, -0.25) is 4.57 Å². The molecular formula is C46H50N4O. The zero-order valence-electron chi connectivity index (χ0n) is 31.8. The molecule has 7 rings (SSSR count). The van der Waals surface area contributed by atoms with Crippen LogP contribution < -0.4 is 4.74 Å². The summed E-state index contributed by atoms with van der Waals surface area (Å²) in [6.45, 7) is 22.4. The molecule has 0 N–H and O–H groups in total. The Labute approximate surface area is 302 Å². The van der Waals surface area contributed by atoms with Gasteiger partial charge in [0.2, 0.25) is 0 Å². The molecule has 1 atom stereocenters. The highest BCUT2D eigenvalue weighted by molar-refractivity contribution is 6.09. The zero-order chi connectivity index (χ0) is 36.2. The van der Waals surface area contributed by atoms with E-state index in [2.05, 4.69) is 169 Å². The lowest BCUT2D eigenvalue weighted by atomic mass is 9.77. The van der Waals surface area contributed by atoms with Crippen molar-refractivity contribution in [3.05, 3.63) is 131 Å². The second-order valence-electron chi connectivity index (χ2n) is 16.6. The second-order valence-corrected chi connectivity index (χ2v) is 16.6. The molecule has 0 amide bonds. The highest BCUT2D eigenvalue weighted by atomic mass is 16.5. The molecule has 3 aromatic heterocycles. The Morgan fingerprint density at radius 3 is 2.20 bits per heavy atom. The van der Waals surface area contributed by atoms with Crippen molar-refractivity contribution in [1.82, 2.24) is 19.3 Å².